The Morgan fingerprint density at radius 1 is 1.58 bits per heavy atom. The van der Waals surface area contributed by atoms with Crippen LogP contribution in [0.25, 0.3) is 10.2 Å². The molecule has 100 valence electrons. The first-order valence-corrected chi connectivity index (χ1v) is 6.79. The molecule has 3 rings (SSSR count). The van der Waals surface area contributed by atoms with Gasteiger partial charge in [-0.05, 0) is 11.4 Å². The first-order valence-electron chi connectivity index (χ1n) is 5.91. The maximum absolute atomic E-state index is 11.4. The summed E-state index contributed by atoms with van der Waals surface area (Å²) in [6, 6.07) is 1.32. The summed E-state index contributed by atoms with van der Waals surface area (Å²) in [5.41, 5.74) is 0.847. The second-order valence-electron chi connectivity index (χ2n) is 4.43. The zero-order valence-corrected chi connectivity index (χ0v) is 11.1. The van der Waals surface area contributed by atoms with Gasteiger partial charge in [-0.2, -0.15) is 0 Å². The summed E-state index contributed by atoms with van der Waals surface area (Å²) in [5, 5.41) is 11.3. The summed E-state index contributed by atoms with van der Waals surface area (Å²) >= 11 is 1.52. The number of hydrogen-bond donors (Lipinski definition) is 1. The average molecular weight is 279 g/mol. The quantitative estimate of drug-likeness (QED) is 0.914. The summed E-state index contributed by atoms with van der Waals surface area (Å²) in [5.74, 6) is -0.158. The number of carboxylic acid groups (broad SMARTS) is 1. The van der Waals surface area contributed by atoms with Crippen molar-refractivity contribution in [1.29, 1.82) is 0 Å². The van der Waals surface area contributed by atoms with E-state index in [-0.39, 0.29) is 6.10 Å². The summed E-state index contributed by atoms with van der Waals surface area (Å²) in [6.07, 6.45) is 1.87. The van der Waals surface area contributed by atoms with E-state index >= 15 is 0 Å². The molecule has 1 aliphatic rings. The number of methoxy groups -OCH3 is 1. The Balaban J connectivity index is 2.04. The van der Waals surface area contributed by atoms with Crippen molar-refractivity contribution in [1.82, 2.24) is 9.97 Å². The number of ether oxygens (including phenoxy) is 1. The molecule has 1 aliphatic heterocycles. The Hall–Kier alpha value is -1.73. The highest BCUT2D eigenvalue weighted by atomic mass is 32.1. The standard InChI is InChI=1S/C12H13N3O3S/c1-18-7-4-9(12(16)17)15(5-7)11-10-8(2-3-19-10)13-6-14-11/h2-3,6-7,9H,4-5H2,1H3,(H,16,17). The molecule has 2 unspecified atom stereocenters. The van der Waals surface area contributed by atoms with Crippen LogP contribution in [0, 0.1) is 0 Å². The topological polar surface area (TPSA) is 75.6 Å². The molecule has 19 heavy (non-hydrogen) atoms. The second-order valence-corrected chi connectivity index (χ2v) is 5.35. The molecule has 1 saturated heterocycles. The normalized spacial score (nSPS) is 23.1. The molecule has 1 fully saturated rings. The van der Waals surface area contributed by atoms with Gasteiger partial charge in [-0.3, -0.25) is 0 Å². The molecule has 0 aromatic carbocycles. The van der Waals surface area contributed by atoms with E-state index in [0.717, 1.165) is 10.2 Å². The highest BCUT2D eigenvalue weighted by Crippen LogP contribution is 2.33. The van der Waals surface area contributed by atoms with E-state index in [1.54, 1.807) is 12.0 Å². The van der Waals surface area contributed by atoms with Gasteiger partial charge >= 0.3 is 5.97 Å². The Kier molecular flexibility index (Phi) is 3.08. The number of hydrogen-bond acceptors (Lipinski definition) is 6. The molecule has 0 bridgehead atoms. The number of aromatic nitrogens is 2. The summed E-state index contributed by atoms with van der Waals surface area (Å²) < 4.78 is 6.21. The van der Waals surface area contributed by atoms with Crippen molar-refractivity contribution in [2.24, 2.45) is 0 Å². The zero-order valence-electron chi connectivity index (χ0n) is 10.3. The van der Waals surface area contributed by atoms with Crippen molar-refractivity contribution in [2.75, 3.05) is 18.6 Å². The summed E-state index contributed by atoms with van der Waals surface area (Å²) in [6.45, 7) is 0.539. The van der Waals surface area contributed by atoms with Crippen LogP contribution in [0.5, 0.6) is 0 Å². The highest BCUT2D eigenvalue weighted by Gasteiger charge is 2.38. The van der Waals surface area contributed by atoms with Gasteiger partial charge in [0.2, 0.25) is 0 Å². The lowest BCUT2D eigenvalue weighted by molar-refractivity contribution is -0.138. The first kappa shape index (κ1) is 12.3. The largest absolute Gasteiger partial charge is 0.480 e. The minimum atomic E-state index is -0.845. The molecule has 0 spiro atoms. The van der Waals surface area contributed by atoms with Gasteiger partial charge in [-0.15, -0.1) is 11.3 Å². The maximum Gasteiger partial charge on any atom is 0.326 e. The molecule has 2 aromatic heterocycles. The van der Waals surface area contributed by atoms with Crippen LogP contribution < -0.4 is 4.90 Å². The monoisotopic (exact) mass is 279 g/mol. The predicted octanol–water partition coefficient (Wildman–Crippen LogP) is 1.37. The number of rotatable bonds is 3. The Morgan fingerprint density at radius 2 is 2.42 bits per heavy atom. The Bertz CT molecular complexity index is 615. The van der Waals surface area contributed by atoms with Gasteiger partial charge in [0.15, 0.2) is 5.82 Å². The third-order valence-corrected chi connectivity index (χ3v) is 4.28. The molecule has 0 aliphatic carbocycles. The van der Waals surface area contributed by atoms with Crippen molar-refractivity contribution in [3.8, 4) is 0 Å². The van der Waals surface area contributed by atoms with Crippen molar-refractivity contribution >= 4 is 33.3 Å². The van der Waals surface area contributed by atoms with Crippen LogP contribution in [0.4, 0.5) is 5.82 Å². The van der Waals surface area contributed by atoms with Crippen molar-refractivity contribution in [2.45, 2.75) is 18.6 Å². The molecule has 7 heteroatoms. The zero-order chi connectivity index (χ0) is 13.4. The molecule has 0 radical (unpaired) electrons. The Morgan fingerprint density at radius 3 is 3.16 bits per heavy atom. The van der Waals surface area contributed by atoms with Crippen LogP contribution in [-0.4, -0.2) is 46.8 Å². The fraction of sp³-hybridized carbons (Fsp3) is 0.417. The smallest absolute Gasteiger partial charge is 0.326 e. The molecular weight excluding hydrogens is 266 g/mol. The fourth-order valence-electron chi connectivity index (χ4n) is 2.42. The number of anilines is 1. The summed E-state index contributed by atoms with van der Waals surface area (Å²) in [4.78, 5) is 21.6. The molecule has 0 saturated carbocycles. The van der Waals surface area contributed by atoms with Gasteiger partial charge in [-0.1, -0.05) is 0 Å². The van der Waals surface area contributed by atoms with Crippen LogP contribution in [0.1, 0.15) is 6.42 Å². The minimum absolute atomic E-state index is 0.0777. The lowest BCUT2D eigenvalue weighted by atomic mass is 10.2. The van der Waals surface area contributed by atoms with E-state index in [1.165, 1.54) is 17.7 Å². The maximum atomic E-state index is 11.4. The van der Waals surface area contributed by atoms with Gasteiger partial charge in [0.1, 0.15) is 12.4 Å². The van der Waals surface area contributed by atoms with E-state index in [2.05, 4.69) is 9.97 Å². The van der Waals surface area contributed by atoms with E-state index < -0.39 is 12.0 Å². The third-order valence-electron chi connectivity index (χ3n) is 3.38. The van der Waals surface area contributed by atoms with Gasteiger partial charge in [0, 0.05) is 20.1 Å². The van der Waals surface area contributed by atoms with E-state index in [1.807, 2.05) is 11.4 Å². The van der Waals surface area contributed by atoms with Gasteiger partial charge in [0.25, 0.3) is 0 Å². The number of carbonyl (C=O) groups is 1. The van der Waals surface area contributed by atoms with E-state index in [0.29, 0.717) is 18.8 Å². The lowest BCUT2D eigenvalue weighted by Crippen LogP contribution is -2.36. The molecule has 6 nitrogen and oxygen atoms in total. The molecular formula is C12H13N3O3S. The van der Waals surface area contributed by atoms with Crippen LogP contribution in [0.2, 0.25) is 0 Å². The summed E-state index contributed by atoms with van der Waals surface area (Å²) in [7, 11) is 1.60. The van der Waals surface area contributed by atoms with Crippen molar-refractivity contribution in [3.05, 3.63) is 17.8 Å². The van der Waals surface area contributed by atoms with Crippen molar-refractivity contribution < 1.29 is 14.6 Å². The second kappa shape index (κ2) is 4.75. The van der Waals surface area contributed by atoms with Crippen LogP contribution >= 0.6 is 11.3 Å². The van der Waals surface area contributed by atoms with Crippen LogP contribution in [0.15, 0.2) is 17.8 Å². The first-order chi connectivity index (χ1) is 9.20. The fourth-order valence-corrected chi connectivity index (χ4v) is 3.27. The number of aliphatic carboxylic acids is 1. The highest BCUT2D eigenvalue weighted by molar-refractivity contribution is 7.17. The molecule has 3 heterocycles. The molecule has 0 amide bonds. The number of carboxylic acids is 1. The molecule has 2 atom stereocenters. The van der Waals surface area contributed by atoms with E-state index in [9.17, 15) is 9.90 Å². The number of thiophene rings is 1. The number of fused-ring (bicyclic) bond motifs is 1. The van der Waals surface area contributed by atoms with Crippen molar-refractivity contribution in [3.63, 3.8) is 0 Å². The SMILES string of the molecule is COC1CC(C(=O)O)N(c2ncnc3ccsc23)C1. The van der Waals surface area contributed by atoms with Crippen LogP contribution in [-0.2, 0) is 9.53 Å². The van der Waals surface area contributed by atoms with Gasteiger partial charge in [0.05, 0.1) is 16.3 Å². The van der Waals surface area contributed by atoms with Gasteiger partial charge in [-0.25, -0.2) is 14.8 Å². The van der Waals surface area contributed by atoms with E-state index in [4.69, 9.17) is 4.74 Å². The minimum Gasteiger partial charge on any atom is -0.480 e. The van der Waals surface area contributed by atoms with Gasteiger partial charge < -0.3 is 14.7 Å². The Labute approximate surface area is 113 Å². The third kappa shape index (κ3) is 2.04. The molecule has 1 N–H and O–H groups in total. The van der Waals surface area contributed by atoms with Crippen LogP contribution in [0.3, 0.4) is 0 Å². The average Bonchev–Trinajstić information content (AvgIpc) is 3.04. The molecule has 2 aromatic rings. The number of nitrogens with zero attached hydrogens (tertiary/aromatic N) is 3. The predicted molar refractivity (Wildman–Crippen MR) is 71.6 cm³/mol. The lowest BCUT2D eigenvalue weighted by Gasteiger charge is -2.22.